The second kappa shape index (κ2) is 3.65. The van der Waals surface area contributed by atoms with Gasteiger partial charge in [-0.2, -0.15) is 0 Å². The molecule has 1 aromatic carbocycles. The van der Waals surface area contributed by atoms with E-state index in [4.69, 9.17) is 4.98 Å². The zero-order valence-corrected chi connectivity index (χ0v) is 10.2. The first kappa shape index (κ1) is 9.79. The van der Waals surface area contributed by atoms with E-state index in [0.29, 0.717) is 0 Å². The van der Waals surface area contributed by atoms with Crippen molar-refractivity contribution in [1.82, 2.24) is 15.0 Å². The van der Waals surface area contributed by atoms with Crippen LogP contribution in [0.15, 0.2) is 48.0 Å². The molecule has 0 atom stereocenters. The summed E-state index contributed by atoms with van der Waals surface area (Å²) in [5, 5.41) is 3.15. The maximum absolute atomic E-state index is 4.70. The molecule has 3 heterocycles. The van der Waals surface area contributed by atoms with E-state index in [1.807, 2.05) is 30.5 Å². The zero-order chi connectivity index (χ0) is 11.9. The van der Waals surface area contributed by atoms with Crippen LogP contribution in [0.4, 0.5) is 0 Å². The molecule has 0 unspecified atom stereocenters. The van der Waals surface area contributed by atoms with Crippen molar-refractivity contribution in [2.75, 3.05) is 0 Å². The fraction of sp³-hybridized carbons (Fsp3) is 0. The van der Waals surface area contributed by atoms with Crippen molar-refractivity contribution in [2.45, 2.75) is 0 Å². The van der Waals surface area contributed by atoms with Gasteiger partial charge in [-0.15, -0.1) is 11.3 Å². The van der Waals surface area contributed by atoms with Gasteiger partial charge in [0.15, 0.2) is 0 Å². The van der Waals surface area contributed by atoms with Gasteiger partial charge in [-0.05, 0) is 17.5 Å². The molecule has 86 valence electrons. The topological polar surface area (TPSA) is 41.6 Å². The molecule has 4 aromatic rings. The van der Waals surface area contributed by atoms with Gasteiger partial charge in [-0.3, -0.25) is 4.98 Å². The Balaban J connectivity index is 2.08. The maximum Gasteiger partial charge on any atom is 0.148 e. The van der Waals surface area contributed by atoms with Crippen LogP contribution in [-0.2, 0) is 0 Å². The lowest BCUT2D eigenvalue weighted by Crippen LogP contribution is -1.79. The van der Waals surface area contributed by atoms with E-state index >= 15 is 0 Å². The highest BCUT2D eigenvalue weighted by Gasteiger charge is 2.09. The summed E-state index contributed by atoms with van der Waals surface area (Å²) in [5.74, 6) is 0.915. The quantitative estimate of drug-likeness (QED) is 0.558. The summed E-state index contributed by atoms with van der Waals surface area (Å²) in [6.07, 6.45) is 1.85. The van der Waals surface area contributed by atoms with E-state index in [9.17, 15) is 0 Å². The van der Waals surface area contributed by atoms with Crippen LogP contribution < -0.4 is 0 Å². The highest BCUT2D eigenvalue weighted by molar-refractivity contribution is 7.13. The number of aromatic nitrogens is 3. The Labute approximate surface area is 107 Å². The van der Waals surface area contributed by atoms with Crippen LogP contribution in [0.3, 0.4) is 0 Å². The molecule has 0 fully saturated rings. The molecule has 3 aromatic heterocycles. The van der Waals surface area contributed by atoms with Gasteiger partial charge in [0, 0.05) is 5.39 Å². The van der Waals surface area contributed by atoms with Gasteiger partial charge >= 0.3 is 0 Å². The molecule has 0 aliphatic rings. The molecule has 0 saturated heterocycles. The molecule has 18 heavy (non-hydrogen) atoms. The van der Waals surface area contributed by atoms with E-state index < -0.39 is 0 Å². The molecule has 0 spiro atoms. The summed E-state index contributed by atoms with van der Waals surface area (Å²) in [6.45, 7) is 0. The van der Waals surface area contributed by atoms with Crippen molar-refractivity contribution in [1.29, 1.82) is 0 Å². The molecule has 0 saturated carbocycles. The highest BCUT2D eigenvalue weighted by Crippen LogP contribution is 2.27. The predicted molar refractivity (Wildman–Crippen MR) is 74.7 cm³/mol. The van der Waals surface area contributed by atoms with Crippen molar-refractivity contribution in [3.05, 3.63) is 48.0 Å². The Morgan fingerprint density at radius 3 is 2.89 bits per heavy atom. The molecule has 0 aliphatic heterocycles. The van der Waals surface area contributed by atoms with E-state index in [0.717, 1.165) is 32.6 Å². The number of hydrogen-bond acceptors (Lipinski definition) is 3. The zero-order valence-electron chi connectivity index (χ0n) is 9.42. The van der Waals surface area contributed by atoms with Crippen LogP contribution in [-0.4, -0.2) is 15.0 Å². The van der Waals surface area contributed by atoms with E-state index in [1.54, 1.807) is 11.3 Å². The number of H-pyrrole nitrogens is 1. The minimum atomic E-state index is 0.915. The van der Waals surface area contributed by atoms with E-state index in [2.05, 4.69) is 27.5 Å². The summed E-state index contributed by atoms with van der Waals surface area (Å²) in [5.41, 5.74) is 2.95. The van der Waals surface area contributed by atoms with Gasteiger partial charge in [0.1, 0.15) is 5.82 Å². The second-order valence-corrected chi connectivity index (χ2v) is 5.05. The monoisotopic (exact) mass is 251 g/mol. The Bertz CT molecular complexity index is 831. The molecule has 4 rings (SSSR count). The summed E-state index contributed by atoms with van der Waals surface area (Å²) in [7, 11) is 0. The van der Waals surface area contributed by atoms with Crippen LogP contribution in [0.25, 0.3) is 32.6 Å². The average molecular weight is 251 g/mol. The van der Waals surface area contributed by atoms with Crippen molar-refractivity contribution in [3.63, 3.8) is 0 Å². The van der Waals surface area contributed by atoms with E-state index in [1.165, 1.54) is 0 Å². The number of thiophene rings is 1. The normalized spacial score (nSPS) is 11.3. The number of nitrogens with one attached hydrogen (secondary N) is 1. The number of nitrogens with zero attached hydrogens (tertiary/aromatic N) is 2. The molecule has 0 bridgehead atoms. The number of para-hydroxylation sites is 1. The molecular formula is C14H9N3S. The van der Waals surface area contributed by atoms with Gasteiger partial charge in [-0.1, -0.05) is 24.3 Å². The molecule has 4 heteroatoms. The number of rotatable bonds is 1. The third-order valence-corrected chi connectivity index (χ3v) is 3.85. The Hall–Kier alpha value is -2.20. The highest BCUT2D eigenvalue weighted by atomic mass is 32.1. The lowest BCUT2D eigenvalue weighted by molar-refractivity contribution is 1.35. The molecule has 0 aliphatic carbocycles. The number of imidazole rings is 1. The van der Waals surface area contributed by atoms with Crippen LogP contribution in [0.5, 0.6) is 0 Å². The standard InChI is InChI=1S/C14H9N3S/c1-2-5-10-9(4-1)13-11(8-15-10)16-14(17-13)12-6-3-7-18-12/h1-8H,(H,16,17). The van der Waals surface area contributed by atoms with Crippen molar-refractivity contribution in [3.8, 4) is 10.7 Å². The van der Waals surface area contributed by atoms with Crippen LogP contribution in [0, 0.1) is 0 Å². The minimum absolute atomic E-state index is 0.915. The second-order valence-electron chi connectivity index (χ2n) is 4.10. The van der Waals surface area contributed by atoms with Crippen LogP contribution in [0.1, 0.15) is 0 Å². The number of fused-ring (bicyclic) bond motifs is 3. The predicted octanol–water partition coefficient (Wildman–Crippen LogP) is 3.84. The smallest absolute Gasteiger partial charge is 0.148 e. The molecule has 0 amide bonds. The SMILES string of the molecule is c1csc(-c2nc3c(cnc4ccccc43)[nH]2)c1. The maximum atomic E-state index is 4.70. The number of benzene rings is 1. The lowest BCUT2D eigenvalue weighted by atomic mass is 10.2. The van der Waals surface area contributed by atoms with Crippen LogP contribution in [0.2, 0.25) is 0 Å². The van der Waals surface area contributed by atoms with Gasteiger partial charge in [0.25, 0.3) is 0 Å². The third-order valence-electron chi connectivity index (χ3n) is 2.98. The molecule has 0 radical (unpaired) electrons. The largest absolute Gasteiger partial charge is 0.336 e. The number of hydrogen-bond donors (Lipinski definition) is 1. The summed E-state index contributed by atoms with van der Waals surface area (Å²) in [6, 6.07) is 12.2. The van der Waals surface area contributed by atoms with Crippen LogP contribution >= 0.6 is 11.3 Å². The molecule has 3 nitrogen and oxygen atoms in total. The number of pyridine rings is 1. The Kier molecular flexibility index (Phi) is 1.98. The van der Waals surface area contributed by atoms with Gasteiger partial charge in [0.05, 0.1) is 27.6 Å². The molecular weight excluding hydrogens is 242 g/mol. The first-order chi connectivity index (χ1) is 8.92. The summed E-state index contributed by atoms with van der Waals surface area (Å²) in [4.78, 5) is 13.6. The average Bonchev–Trinajstić information content (AvgIpc) is 3.07. The van der Waals surface area contributed by atoms with Gasteiger partial charge < -0.3 is 4.98 Å². The van der Waals surface area contributed by atoms with Crippen molar-refractivity contribution >= 4 is 33.3 Å². The first-order valence-electron chi connectivity index (χ1n) is 5.69. The van der Waals surface area contributed by atoms with Crippen molar-refractivity contribution < 1.29 is 0 Å². The van der Waals surface area contributed by atoms with Gasteiger partial charge in [-0.25, -0.2) is 4.98 Å². The van der Waals surface area contributed by atoms with E-state index in [-0.39, 0.29) is 0 Å². The molecule has 1 N–H and O–H groups in total. The first-order valence-corrected chi connectivity index (χ1v) is 6.57. The fourth-order valence-corrected chi connectivity index (χ4v) is 2.81. The minimum Gasteiger partial charge on any atom is -0.336 e. The number of aromatic amines is 1. The summed E-state index contributed by atoms with van der Waals surface area (Å²) >= 11 is 1.68. The Morgan fingerprint density at radius 1 is 1.06 bits per heavy atom. The summed E-state index contributed by atoms with van der Waals surface area (Å²) < 4.78 is 0. The van der Waals surface area contributed by atoms with Crippen molar-refractivity contribution in [2.24, 2.45) is 0 Å². The third kappa shape index (κ3) is 1.36. The fourth-order valence-electron chi connectivity index (χ4n) is 2.14. The van der Waals surface area contributed by atoms with Gasteiger partial charge in [0.2, 0.25) is 0 Å². The Morgan fingerprint density at radius 2 is 2.00 bits per heavy atom. The lowest BCUT2D eigenvalue weighted by Gasteiger charge is -1.95.